The molecule has 2 rings (SSSR count). The van der Waals surface area contributed by atoms with Gasteiger partial charge in [0.1, 0.15) is 0 Å². The minimum atomic E-state index is 0.0516. The number of carbonyl (C=O) groups excluding carboxylic acids is 1. The van der Waals surface area contributed by atoms with Gasteiger partial charge in [-0.2, -0.15) is 0 Å². The van der Waals surface area contributed by atoms with Gasteiger partial charge in [0.05, 0.1) is 0 Å². The lowest BCUT2D eigenvalue weighted by Gasteiger charge is -2.07. The Morgan fingerprint density at radius 2 is 1.89 bits per heavy atom. The highest BCUT2D eigenvalue weighted by Crippen LogP contribution is 2.20. The minimum Gasteiger partial charge on any atom is -0.294 e. The van der Waals surface area contributed by atoms with Crippen LogP contribution in [0.25, 0.3) is 0 Å². The van der Waals surface area contributed by atoms with Crippen molar-refractivity contribution in [3.8, 4) is 0 Å². The summed E-state index contributed by atoms with van der Waals surface area (Å²) in [6, 6.07) is 9.45. The van der Waals surface area contributed by atoms with Crippen LogP contribution in [-0.2, 0) is 6.42 Å². The molecule has 0 bridgehead atoms. The lowest BCUT2D eigenvalue weighted by molar-refractivity contribution is 0.0992. The Kier molecular flexibility index (Phi) is 4.01. The van der Waals surface area contributed by atoms with E-state index >= 15 is 0 Å². The third-order valence-electron chi connectivity index (χ3n) is 3.09. The monoisotopic (exact) mass is 273 g/mol. The second-order valence-corrected chi connectivity index (χ2v) is 5.19. The standard InChI is InChI=1S/C16H16ClNO/c1-10-4-6-13(15(17)8-10)9-16(19)14-7-5-11(2)18-12(14)3/h4-8H,9H2,1-3H3. The number of hydrogen-bond acceptors (Lipinski definition) is 2. The van der Waals surface area contributed by atoms with Crippen molar-refractivity contribution >= 4 is 17.4 Å². The lowest BCUT2D eigenvalue weighted by Crippen LogP contribution is -2.07. The van der Waals surface area contributed by atoms with Crippen LogP contribution < -0.4 is 0 Å². The van der Waals surface area contributed by atoms with Gasteiger partial charge in [-0.15, -0.1) is 0 Å². The molecule has 0 fully saturated rings. The molecule has 19 heavy (non-hydrogen) atoms. The van der Waals surface area contributed by atoms with Crippen LogP contribution in [-0.4, -0.2) is 10.8 Å². The molecule has 0 unspecified atom stereocenters. The van der Waals surface area contributed by atoms with Crippen LogP contribution in [0.4, 0.5) is 0 Å². The zero-order chi connectivity index (χ0) is 14.0. The smallest absolute Gasteiger partial charge is 0.169 e. The first kappa shape index (κ1) is 13.8. The predicted molar refractivity (Wildman–Crippen MR) is 77.9 cm³/mol. The number of rotatable bonds is 3. The molecule has 0 radical (unpaired) electrons. The second kappa shape index (κ2) is 5.54. The number of ketones is 1. The fraction of sp³-hybridized carbons (Fsp3) is 0.250. The largest absolute Gasteiger partial charge is 0.294 e. The Morgan fingerprint density at radius 1 is 1.16 bits per heavy atom. The number of Topliss-reactive ketones (excluding diaryl/α,β-unsaturated/α-hetero) is 1. The van der Waals surface area contributed by atoms with Crippen LogP contribution in [0.15, 0.2) is 30.3 Å². The first-order chi connectivity index (χ1) is 8.97. The summed E-state index contributed by atoms with van der Waals surface area (Å²) in [4.78, 5) is 16.6. The number of nitrogens with zero attached hydrogens (tertiary/aromatic N) is 1. The van der Waals surface area contributed by atoms with E-state index in [2.05, 4.69) is 4.98 Å². The summed E-state index contributed by atoms with van der Waals surface area (Å²) >= 11 is 6.16. The Hall–Kier alpha value is -1.67. The third kappa shape index (κ3) is 3.21. The van der Waals surface area contributed by atoms with E-state index in [1.54, 1.807) is 0 Å². The Bertz CT molecular complexity index is 635. The zero-order valence-corrected chi connectivity index (χ0v) is 12.1. The van der Waals surface area contributed by atoms with E-state index in [1.807, 2.05) is 51.1 Å². The molecule has 0 N–H and O–H groups in total. The highest BCUT2D eigenvalue weighted by Gasteiger charge is 2.12. The summed E-state index contributed by atoms with van der Waals surface area (Å²) in [6.45, 7) is 5.75. The average molecular weight is 274 g/mol. The summed E-state index contributed by atoms with van der Waals surface area (Å²) in [6.07, 6.45) is 0.310. The van der Waals surface area contributed by atoms with E-state index in [-0.39, 0.29) is 5.78 Å². The molecule has 98 valence electrons. The summed E-state index contributed by atoms with van der Waals surface area (Å²) in [5, 5.41) is 0.645. The number of benzene rings is 1. The molecule has 0 saturated heterocycles. The highest BCUT2D eigenvalue weighted by atomic mass is 35.5. The van der Waals surface area contributed by atoms with E-state index in [4.69, 9.17) is 11.6 Å². The van der Waals surface area contributed by atoms with Gasteiger partial charge in [0.15, 0.2) is 5.78 Å². The summed E-state index contributed by atoms with van der Waals surface area (Å²) < 4.78 is 0. The normalized spacial score (nSPS) is 10.5. The van der Waals surface area contributed by atoms with Gasteiger partial charge in [0, 0.05) is 28.4 Å². The molecule has 1 aromatic carbocycles. The Labute approximate surface area is 118 Å². The van der Waals surface area contributed by atoms with Crippen LogP contribution in [0.3, 0.4) is 0 Å². The molecule has 0 atom stereocenters. The lowest BCUT2D eigenvalue weighted by atomic mass is 10.0. The molecule has 0 saturated carbocycles. The second-order valence-electron chi connectivity index (χ2n) is 4.78. The highest BCUT2D eigenvalue weighted by molar-refractivity contribution is 6.31. The fourth-order valence-corrected chi connectivity index (χ4v) is 2.35. The van der Waals surface area contributed by atoms with Crippen LogP contribution in [0.5, 0.6) is 0 Å². The van der Waals surface area contributed by atoms with Crippen LogP contribution in [0, 0.1) is 20.8 Å². The molecule has 1 heterocycles. The summed E-state index contributed by atoms with van der Waals surface area (Å²) in [7, 11) is 0. The summed E-state index contributed by atoms with van der Waals surface area (Å²) in [5.41, 5.74) is 4.31. The van der Waals surface area contributed by atoms with Gasteiger partial charge in [0.2, 0.25) is 0 Å². The molecular weight excluding hydrogens is 258 g/mol. The van der Waals surface area contributed by atoms with Gasteiger partial charge in [0.25, 0.3) is 0 Å². The van der Waals surface area contributed by atoms with Crippen molar-refractivity contribution in [2.24, 2.45) is 0 Å². The van der Waals surface area contributed by atoms with Gasteiger partial charge >= 0.3 is 0 Å². The van der Waals surface area contributed by atoms with Gasteiger partial charge in [-0.25, -0.2) is 0 Å². The van der Waals surface area contributed by atoms with Crippen LogP contribution in [0.2, 0.25) is 5.02 Å². The maximum absolute atomic E-state index is 12.3. The van der Waals surface area contributed by atoms with E-state index in [0.717, 1.165) is 22.5 Å². The number of hydrogen-bond donors (Lipinski definition) is 0. The topological polar surface area (TPSA) is 30.0 Å². The van der Waals surface area contributed by atoms with E-state index in [0.29, 0.717) is 17.0 Å². The molecule has 3 heteroatoms. The van der Waals surface area contributed by atoms with Crippen molar-refractivity contribution in [2.75, 3.05) is 0 Å². The number of halogens is 1. The van der Waals surface area contributed by atoms with Crippen molar-refractivity contribution in [3.63, 3.8) is 0 Å². The van der Waals surface area contributed by atoms with E-state index in [9.17, 15) is 4.79 Å². The van der Waals surface area contributed by atoms with Crippen molar-refractivity contribution in [3.05, 3.63) is 63.4 Å². The minimum absolute atomic E-state index is 0.0516. The predicted octanol–water partition coefficient (Wildman–Crippen LogP) is 4.09. The Balaban J connectivity index is 2.25. The first-order valence-electron chi connectivity index (χ1n) is 6.20. The first-order valence-corrected chi connectivity index (χ1v) is 6.57. The fourth-order valence-electron chi connectivity index (χ4n) is 2.05. The van der Waals surface area contributed by atoms with Crippen molar-refractivity contribution < 1.29 is 4.79 Å². The molecule has 2 aromatic rings. The van der Waals surface area contributed by atoms with Crippen molar-refractivity contribution in [1.29, 1.82) is 0 Å². The van der Waals surface area contributed by atoms with Crippen molar-refractivity contribution in [2.45, 2.75) is 27.2 Å². The molecule has 0 spiro atoms. The van der Waals surface area contributed by atoms with Gasteiger partial charge in [-0.05, 0) is 50.1 Å². The molecule has 2 nitrogen and oxygen atoms in total. The Morgan fingerprint density at radius 3 is 2.53 bits per heavy atom. The van der Waals surface area contributed by atoms with Gasteiger partial charge in [-0.3, -0.25) is 9.78 Å². The molecule has 0 aliphatic rings. The van der Waals surface area contributed by atoms with Crippen LogP contribution in [0.1, 0.15) is 32.9 Å². The molecule has 0 amide bonds. The van der Waals surface area contributed by atoms with Crippen LogP contribution >= 0.6 is 11.6 Å². The molecular formula is C16H16ClNO. The zero-order valence-electron chi connectivity index (χ0n) is 11.3. The summed E-state index contributed by atoms with van der Waals surface area (Å²) in [5.74, 6) is 0.0516. The van der Waals surface area contributed by atoms with E-state index in [1.165, 1.54) is 0 Å². The quantitative estimate of drug-likeness (QED) is 0.789. The number of aromatic nitrogens is 1. The SMILES string of the molecule is Cc1ccc(CC(=O)c2ccc(C)nc2C)c(Cl)c1. The number of pyridine rings is 1. The number of carbonyl (C=O) groups is 1. The maximum Gasteiger partial charge on any atom is 0.169 e. The maximum atomic E-state index is 12.3. The van der Waals surface area contributed by atoms with Gasteiger partial charge < -0.3 is 0 Å². The molecule has 0 aliphatic carbocycles. The van der Waals surface area contributed by atoms with Gasteiger partial charge in [-0.1, -0.05) is 23.7 Å². The third-order valence-corrected chi connectivity index (χ3v) is 3.44. The molecule has 0 aliphatic heterocycles. The average Bonchev–Trinajstić information content (AvgIpc) is 2.32. The van der Waals surface area contributed by atoms with Crippen molar-refractivity contribution in [1.82, 2.24) is 4.98 Å². The number of aryl methyl sites for hydroxylation is 3. The molecule has 1 aromatic heterocycles. The van der Waals surface area contributed by atoms with E-state index < -0.39 is 0 Å².